The molecule has 0 spiro atoms. The molecule has 0 amide bonds. The number of fused-ring (bicyclic) bond motifs is 1. The first-order valence-electron chi connectivity index (χ1n) is 6.84. The molecule has 1 unspecified atom stereocenters. The maximum absolute atomic E-state index is 6.14. The molecule has 1 aromatic heterocycles. The van der Waals surface area contributed by atoms with Crippen LogP contribution < -0.4 is 5.73 Å². The molecule has 0 saturated carbocycles. The fourth-order valence-corrected chi connectivity index (χ4v) is 3.35. The standard InChI is InChI=1S/C14H19BrN4/c1-2-18-7-3-4-11(9-18)19-13-6-5-10(15)8-12(13)17-14(19)16/h5-6,8,11H,2-4,7,9H2,1H3,(H2,16,17). The topological polar surface area (TPSA) is 47.1 Å². The molecule has 1 aliphatic heterocycles. The van der Waals surface area contributed by atoms with Gasteiger partial charge in [0.1, 0.15) is 0 Å². The van der Waals surface area contributed by atoms with Crippen LogP contribution in [0.2, 0.25) is 0 Å². The molecule has 0 radical (unpaired) electrons. The van der Waals surface area contributed by atoms with Crippen LogP contribution in [-0.4, -0.2) is 34.1 Å². The maximum atomic E-state index is 6.14. The summed E-state index contributed by atoms with van der Waals surface area (Å²) in [6.07, 6.45) is 2.41. The van der Waals surface area contributed by atoms with E-state index in [9.17, 15) is 0 Å². The summed E-state index contributed by atoms with van der Waals surface area (Å²) in [5.41, 5.74) is 8.25. The second kappa shape index (κ2) is 5.13. The van der Waals surface area contributed by atoms with Gasteiger partial charge in [-0.2, -0.15) is 0 Å². The third-order valence-corrected chi connectivity index (χ3v) is 4.47. The number of likely N-dealkylation sites (tertiary alicyclic amines) is 1. The number of nitrogen functional groups attached to an aromatic ring is 1. The molecule has 1 atom stereocenters. The minimum absolute atomic E-state index is 0.444. The van der Waals surface area contributed by atoms with Crippen molar-refractivity contribution in [3.63, 3.8) is 0 Å². The van der Waals surface area contributed by atoms with Crippen molar-refractivity contribution in [2.75, 3.05) is 25.4 Å². The van der Waals surface area contributed by atoms with Crippen LogP contribution in [0.25, 0.3) is 11.0 Å². The molecule has 1 aliphatic rings. The minimum Gasteiger partial charge on any atom is -0.369 e. The second-order valence-electron chi connectivity index (χ2n) is 5.16. The molecule has 4 nitrogen and oxygen atoms in total. The number of aromatic nitrogens is 2. The highest BCUT2D eigenvalue weighted by atomic mass is 79.9. The van der Waals surface area contributed by atoms with Crippen LogP contribution in [0.3, 0.4) is 0 Å². The fourth-order valence-electron chi connectivity index (χ4n) is 3.00. The number of nitrogens with zero attached hydrogens (tertiary/aromatic N) is 3. The molecule has 1 fully saturated rings. The number of imidazole rings is 1. The van der Waals surface area contributed by atoms with E-state index < -0.39 is 0 Å². The fraction of sp³-hybridized carbons (Fsp3) is 0.500. The van der Waals surface area contributed by atoms with Gasteiger partial charge in [-0.1, -0.05) is 22.9 Å². The summed E-state index contributed by atoms with van der Waals surface area (Å²) in [5.74, 6) is 0.635. The maximum Gasteiger partial charge on any atom is 0.201 e. The zero-order valence-electron chi connectivity index (χ0n) is 11.1. The number of nitrogens with two attached hydrogens (primary N) is 1. The summed E-state index contributed by atoms with van der Waals surface area (Å²) in [4.78, 5) is 6.98. The van der Waals surface area contributed by atoms with E-state index in [0.717, 1.165) is 28.6 Å². The molecule has 2 heterocycles. The number of benzene rings is 1. The van der Waals surface area contributed by atoms with Crippen LogP contribution in [0.5, 0.6) is 0 Å². The summed E-state index contributed by atoms with van der Waals surface area (Å²) in [6, 6.07) is 6.64. The van der Waals surface area contributed by atoms with E-state index in [1.165, 1.54) is 19.4 Å². The molecule has 1 saturated heterocycles. The van der Waals surface area contributed by atoms with Gasteiger partial charge in [-0.15, -0.1) is 0 Å². The quantitative estimate of drug-likeness (QED) is 0.924. The average molecular weight is 323 g/mol. The van der Waals surface area contributed by atoms with Crippen LogP contribution in [-0.2, 0) is 0 Å². The minimum atomic E-state index is 0.444. The molecule has 0 bridgehead atoms. The van der Waals surface area contributed by atoms with Gasteiger partial charge in [0.2, 0.25) is 5.95 Å². The molecule has 5 heteroatoms. The molecular weight excluding hydrogens is 304 g/mol. The van der Waals surface area contributed by atoms with Gasteiger partial charge in [0.25, 0.3) is 0 Å². The highest BCUT2D eigenvalue weighted by molar-refractivity contribution is 9.10. The van der Waals surface area contributed by atoms with Gasteiger partial charge < -0.3 is 15.2 Å². The van der Waals surface area contributed by atoms with Crippen molar-refractivity contribution in [3.05, 3.63) is 22.7 Å². The SMILES string of the molecule is CCN1CCCC(n2c(N)nc3cc(Br)ccc32)C1. The van der Waals surface area contributed by atoms with E-state index >= 15 is 0 Å². The monoisotopic (exact) mass is 322 g/mol. The summed E-state index contributed by atoms with van der Waals surface area (Å²) in [7, 11) is 0. The van der Waals surface area contributed by atoms with E-state index in [1.54, 1.807) is 0 Å². The lowest BCUT2D eigenvalue weighted by molar-refractivity contribution is 0.188. The van der Waals surface area contributed by atoms with E-state index in [0.29, 0.717) is 12.0 Å². The van der Waals surface area contributed by atoms with Crippen molar-refractivity contribution in [1.29, 1.82) is 0 Å². The van der Waals surface area contributed by atoms with Gasteiger partial charge in [0.15, 0.2) is 0 Å². The normalized spacial score (nSPS) is 21.1. The Hall–Kier alpha value is -1.07. The van der Waals surface area contributed by atoms with Gasteiger partial charge in [-0.3, -0.25) is 0 Å². The molecule has 3 rings (SSSR count). The Labute approximate surface area is 121 Å². The lowest BCUT2D eigenvalue weighted by Crippen LogP contribution is -2.36. The zero-order chi connectivity index (χ0) is 13.4. The van der Waals surface area contributed by atoms with Crippen LogP contribution in [0.1, 0.15) is 25.8 Å². The Morgan fingerprint density at radius 3 is 3.11 bits per heavy atom. The molecule has 1 aromatic carbocycles. The number of hydrogen-bond donors (Lipinski definition) is 1. The van der Waals surface area contributed by atoms with Crippen molar-refractivity contribution in [2.24, 2.45) is 0 Å². The predicted octanol–water partition coefficient (Wildman–Crippen LogP) is 3.04. The first kappa shape index (κ1) is 12.9. The average Bonchev–Trinajstić information content (AvgIpc) is 2.73. The van der Waals surface area contributed by atoms with E-state index in [2.05, 4.69) is 49.4 Å². The molecule has 2 N–H and O–H groups in total. The van der Waals surface area contributed by atoms with Crippen molar-refractivity contribution >= 4 is 32.9 Å². The number of piperidine rings is 1. The smallest absolute Gasteiger partial charge is 0.201 e. The van der Waals surface area contributed by atoms with E-state index in [4.69, 9.17) is 5.73 Å². The lowest BCUT2D eigenvalue weighted by Gasteiger charge is -2.33. The Morgan fingerprint density at radius 2 is 2.32 bits per heavy atom. The van der Waals surface area contributed by atoms with Crippen LogP contribution in [0.4, 0.5) is 5.95 Å². The van der Waals surface area contributed by atoms with Gasteiger partial charge >= 0.3 is 0 Å². The van der Waals surface area contributed by atoms with Crippen LogP contribution in [0, 0.1) is 0 Å². The molecule has 0 aliphatic carbocycles. The number of anilines is 1. The predicted molar refractivity (Wildman–Crippen MR) is 82.2 cm³/mol. The first-order valence-corrected chi connectivity index (χ1v) is 7.63. The molecule has 2 aromatic rings. The highest BCUT2D eigenvalue weighted by Crippen LogP contribution is 2.30. The second-order valence-corrected chi connectivity index (χ2v) is 6.08. The Balaban J connectivity index is 2.02. The number of rotatable bonds is 2. The Kier molecular flexibility index (Phi) is 3.50. The third kappa shape index (κ3) is 2.37. The zero-order valence-corrected chi connectivity index (χ0v) is 12.7. The van der Waals surface area contributed by atoms with Crippen molar-refractivity contribution in [1.82, 2.24) is 14.5 Å². The molecule has 19 heavy (non-hydrogen) atoms. The molecular formula is C14H19BrN4. The van der Waals surface area contributed by atoms with E-state index in [1.807, 2.05) is 6.07 Å². The Bertz CT molecular complexity index is 592. The summed E-state index contributed by atoms with van der Waals surface area (Å²) in [5, 5.41) is 0. The third-order valence-electron chi connectivity index (χ3n) is 3.97. The van der Waals surface area contributed by atoms with E-state index in [-0.39, 0.29) is 0 Å². The summed E-state index contributed by atoms with van der Waals surface area (Å²) < 4.78 is 3.26. The number of halogens is 1. The highest BCUT2D eigenvalue weighted by Gasteiger charge is 2.23. The van der Waals surface area contributed by atoms with Gasteiger partial charge in [0, 0.05) is 17.1 Å². The summed E-state index contributed by atoms with van der Waals surface area (Å²) >= 11 is 3.48. The Morgan fingerprint density at radius 1 is 1.47 bits per heavy atom. The first-order chi connectivity index (χ1) is 9.19. The van der Waals surface area contributed by atoms with Gasteiger partial charge in [-0.05, 0) is 44.1 Å². The van der Waals surface area contributed by atoms with Crippen molar-refractivity contribution in [2.45, 2.75) is 25.8 Å². The largest absolute Gasteiger partial charge is 0.369 e. The number of likely N-dealkylation sites (N-methyl/N-ethyl adjacent to an activating group) is 1. The van der Waals surface area contributed by atoms with Gasteiger partial charge in [-0.25, -0.2) is 4.98 Å². The van der Waals surface area contributed by atoms with Crippen molar-refractivity contribution in [3.8, 4) is 0 Å². The number of hydrogen-bond acceptors (Lipinski definition) is 3. The van der Waals surface area contributed by atoms with Gasteiger partial charge in [0.05, 0.1) is 11.0 Å². The van der Waals surface area contributed by atoms with Crippen LogP contribution in [0.15, 0.2) is 22.7 Å². The molecule has 102 valence electrons. The summed E-state index contributed by atoms with van der Waals surface area (Å²) in [6.45, 7) is 5.59. The van der Waals surface area contributed by atoms with Crippen LogP contribution >= 0.6 is 15.9 Å². The lowest BCUT2D eigenvalue weighted by atomic mass is 10.1. The van der Waals surface area contributed by atoms with Crippen molar-refractivity contribution < 1.29 is 0 Å².